The summed E-state index contributed by atoms with van der Waals surface area (Å²) in [4.78, 5) is 14.3. The van der Waals surface area contributed by atoms with E-state index in [0.29, 0.717) is 29.2 Å². The van der Waals surface area contributed by atoms with Gasteiger partial charge in [-0.15, -0.1) is 0 Å². The van der Waals surface area contributed by atoms with E-state index in [-0.39, 0.29) is 17.3 Å². The Kier molecular flexibility index (Phi) is 5.48. The summed E-state index contributed by atoms with van der Waals surface area (Å²) in [5.41, 5.74) is 1.02. The van der Waals surface area contributed by atoms with Crippen LogP contribution in [0.25, 0.3) is 0 Å². The van der Waals surface area contributed by atoms with Crippen molar-refractivity contribution in [3.8, 4) is 0 Å². The van der Waals surface area contributed by atoms with E-state index in [4.69, 9.17) is 8.83 Å². The number of nitrogens with zero attached hydrogens (tertiary/aromatic N) is 1. The molecule has 0 spiro atoms. The zero-order valence-electron chi connectivity index (χ0n) is 15.0. The molecule has 1 N–H and O–H groups in total. The van der Waals surface area contributed by atoms with Crippen LogP contribution in [0, 0.1) is 6.92 Å². The summed E-state index contributed by atoms with van der Waals surface area (Å²) in [6.07, 6.45) is 3.01. The third-order valence-electron chi connectivity index (χ3n) is 4.09. The minimum atomic E-state index is -3.78. The molecule has 0 fully saturated rings. The van der Waals surface area contributed by atoms with Crippen molar-refractivity contribution in [3.05, 3.63) is 77.6 Å². The average Bonchev–Trinajstić information content (AvgIpc) is 3.33. The first kappa shape index (κ1) is 18.9. The molecule has 7 nitrogen and oxygen atoms in total. The first-order valence-corrected chi connectivity index (χ1v) is 9.75. The summed E-state index contributed by atoms with van der Waals surface area (Å²) in [7, 11) is -2.14. The van der Waals surface area contributed by atoms with E-state index < -0.39 is 10.0 Å². The van der Waals surface area contributed by atoms with Crippen LogP contribution >= 0.6 is 0 Å². The number of furan rings is 2. The number of carbonyl (C=O) groups is 1. The smallest absolute Gasteiger partial charge is 0.254 e. The Labute approximate surface area is 157 Å². The van der Waals surface area contributed by atoms with Gasteiger partial charge in [0.2, 0.25) is 10.0 Å². The van der Waals surface area contributed by atoms with Crippen LogP contribution < -0.4 is 4.72 Å². The summed E-state index contributed by atoms with van der Waals surface area (Å²) in [6, 6.07) is 11.4. The minimum absolute atomic E-state index is 0.0226. The molecule has 1 aromatic carbocycles. The molecule has 0 aliphatic heterocycles. The molecule has 3 aromatic rings. The molecule has 0 saturated carbocycles. The van der Waals surface area contributed by atoms with Gasteiger partial charge in [-0.1, -0.05) is 6.07 Å². The maximum atomic E-state index is 12.8. The van der Waals surface area contributed by atoms with Crippen molar-refractivity contribution in [3.63, 3.8) is 0 Å². The van der Waals surface area contributed by atoms with Gasteiger partial charge in [-0.3, -0.25) is 4.79 Å². The molecule has 27 heavy (non-hydrogen) atoms. The molecule has 0 aliphatic rings. The molecule has 2 heterocycles. The quantitative estimate of drug-likeness (QED) is 0.672. The number of carbonyl (C=O) groups excluding carboxylic acids is 1. The van der Waals surface area contributed by atoms with Crippen molar-refractivity contribution < 1.29 is 22.0 Å². The molecular weight excluding hydrogens is 368 g/mol. The second-order valence-electron chi connectivity index (χ2n) is 6.12. The number of nitrogens with one attached hydrogen (secondary N) is 1. The number of aryl methyl sites for hydroxylation is 1. The van der Waals surface area contributed by atoms with Gasteiger partial charge in [0.05, 0.1) is 30.5 Å². The summed E-state index contributed by atoms with van der Waals surface area (Å²) in [5.74, 6) is 0.861. The van der Waals surface area contributed by atoms with Crippen molar-refractivity contribution in [2.75, 3.05) is 7.05 Å². The molecule has 142 valence electrons. The number of rotatable bonds is 7. The van der Waals surface area contributed by atoms with Crippen molar-refractivity contribution >= 4 is 15.9 Å². The lowest BCUT2D eigenvalue weighted by Crippen LogP contribution is -2.28. The van der Waals surface area contributed by atoms with Crippen molar-refractivity contribution in [2.24, 2.45) is 0 Å². The molecule has 0 bridgehead atoms. The predicted molar refractivity (Wildman–Crippen MR) is 98.4 cm³/mol. The van der Waals surface area contributed by atoms with Crippen LogP contribution in [0.15, 0.2) is 68.7 Å². The highest BCUT2D eigenvalue weighted by molar-refractivity contribution is 7.89. The van der Waals surface area contributed by atoms with Gasteiger partial charge in [-0.25, -0.2) is 13.1 Å². The molecule has 0 unspecified atom stereocenters. The number of amides is 1. The second kappa shape index (κ2) is 7.81. The molecule has 0 radical (unpaired) electrons. The number of hydrogen-bond donors (Lipinski definition) is 1. The van der Waals surface area contributed by atoms with E-state index in [9.17, 15) is 13.2 Å². The predicted octanol–water partition coefficient (Wildman–Crippen LogP) is 2.93. The molecule has 2 aromatic heterocycles. The Morgan fingerprint density at radius 2 is 1.74 bits per heavy atom. The molecular formula is C19H20N2O5S. The van der Waals surface area contributed by atoms with Gasteiger partial charge in [-0.2, -0.15) is 0 Å². The van der Waals surface area contributed by atoms with Gasteiger partial charge in [-0.05, 0) is 48.9 Å². The number of hydrogen-bond acceptors (Lipinski definition) is 5. The normalized spacial score (nSPS) is 11.5. The molecule has 8 heteroatoms. The van der Waals surface area contributed by atoms with E-state index in [1.165, 1.54) is 29.6 Å². The van der Waals surface area contributed by atoms with Crippen molar-refractivity contribution in [1.29, 1.82) is 0 Å². The van der Waals surface area contributed by atoms with Gasteiger partial charge in [0.1, 0.15) is 11.5 Å². The summed E-state index contributed by atoms with van der Waals surface area (Å²) >= 11 is 0. The maximum Gasteiger partial charge on any atom is 0.254 e. The Hall–Kier alpha value is -2.84. The Morgan fingerprint density at radius 3 is 2.37 bits per heavy atom. The number of benzene rings is 1. The van der Waals surface area contributed by atoms with E-state index >= 15 is 0 Å². The summed E-state index contributed by atoms with van der Waals surface area (Å²) in [6.45, 7) is 2.09. The summed E-state index contributed by atoms with van der Waals surface area (Å²) < 4.78 is 37.9. The van der Waals surface area contributed by atoms with Crippen LogP contribution in [0.1, 0.15) is 27.4 Å². The van der Waals surface area contributed by atoms with Crippen molar-refractivity contribution in [1.82, 2.24) is 9.62 Å². The highest BCUT2D eigenvalue weighted by Gasteiger charge is 2.20. The highest BCUT2D eigenvalue weighted by atomic mass is 32.2. The Bertz CT molecular complexity index is 1010. The standard InChI is InChI=1S/C19H20N2O5S/c1-14-7-8-17(27(23,24)20-12-15-5-3-9-25-15)11-18(14)19(22)21(2)13-16-6-4-10-26-16/h3-11,20H,12-13H2,1-2H3. The zero-order valence-corrected chi connectivity index (χ0v) is 15.8. The second-order valence-corrected chi connectivity index (χ2v) is 7.89. The molecule has 0 saturated heterocycles. The lowest BCUT2D eigenvalue weighted by Gasteiger charge is -2.18. The maximum absolute atomic E-state index is 12.8. The van der Waals surface area contributed by atoms with Crippen LogP contribution in [-0.2, 0) is 23.1 Å². The third-order valence-corrected chi connectivity index (χ3v) is 5.48. The molecule has 0 aliphatic carbocycles. The fourth-order valence-electron chi connectivity index (χ4n) is 2.58. The zero-order chi connectivity index (χ0) is 19.4. The minimum Gasteiger partial charge on any atom is -0.468 e. The molecule has 3 rings (SSSR count). The topological polar surface area (TPSA) is 92.8 Å². The lowest BCUT2D eigenvalue weighted by atomic mass is 10.1. The van der Waals surface area contributed by atoms with Gasteiger partial charge in [0.25, 0.3) is 5.91 Å². The van der Waals surface area contributed by atoms with Crippen LogP contribution in [0.3, 0.4) is 0 Å². The van der Waals surface area contributed by atoms with Gasteiger partial charge >= 0.3 is 0 Å². The third kappa shape index (κ3) is 4.47. The van der Waals surface area contributed by atoms with Gasteiger partial charge in [0, 0.05) is 12.6 Å². The Morgan fingerprint density at radius 1 is 1.07 bits per heavy atom. The number of sulfonamides is 1. The van der Waals surface area contributed by atoms with Gasteiger partial charge < -0.3 is 13.7 Å². The van der Waals surface area contributed by atoms with E-state index in [2.05, 4.69) is 4.72 Å². The average molecular weight is 388 g/mol. The molecule has 1 amide bonds. The van der Waals surface area contributed by atoms with Gasteiger partial charge in [0.15, 0.2) is 0 Å². The fraction of sp³-hybridized carbons (Fsp3) is 0.211. The van der Waals surface area contributed by atoms with Crippen LogP contribution in [0.5, 0.6) is 0 Å². The van der Waals surface area contributed by atoms with Crippen LogP contribution in [-0.4, -0.2) is 26.3 Å². The van der Waals surface area contributed by atoms with E-state index in [0.717, 1.165) is 0 Å². The highest BCUT2D eigenvalue weighted by Crippen LogP contribution is 2.18. The van der Waals surface area contributed by atoms with Crippen LogP contribution in [0.4, 0.5) is 0 Å². The SMILES string of the molecule is Cc1ccc(S(=O)(=O)NCc2ccco2)cc1C(=O)N(C)Cc1ccco1. The monoisotopic (exact) mass is 388 g/mol. The first-order valence-electron chi connectivity index (χ1n) is 8.27. The van der Waals surface area contributed by atoms with Crippen molar-refractivity contribution in [2.45, 2.75) is 24.9 Å². The largest absolute Gasteiger partial charge is 0.468 e. The lowest BCUT2D eigenvalue weighted by molar-refractivity contribution is 0.0774. The fourth-order valence-corrected chi connectivity index (χ4v) is 3.59. The first-order chi connectivity index (χ1) is 12.9. The molecule has 0 atom stereocenters. The van der Waals surface area contributed by atoms with E-state index in [1.54, 1.807) is 44.3 Å². The van der Waals surface area contributed by atoms with E-state index in [1.807, 2.05) is 0 Å². The summed E-state index contributed by atoms with van der Waals surface area (Å²) in [5, 5.41) is 0. The Balaban J connectivity index is 1.79. The van der Waals surface area contributed by atoms with Crippen LogP contribution in [0.2, 0.25) is 0 Å².